The van der Waals surface area contributed by atoms with Crippen LogP contribution in [0.4, 0.5) is 11.4 Å². The molecule has 5 heteroatoms. The SMILES string of the molecule is O=C1/C(=C\c2cccc(/C=C3\C(=O)N(Cc4ccccc4)c4ccccc43)n2)c2ccccc2N1Cc1ccccc1. The Morgan fingerprint density at radius 3 is 1.33 bits per heavy atom. The first-order chi connectivity index (χ1) is 20.7. The molecule has 0 fully saturated rings. The molecule has 3 heterocycles. The van der Waals surface area contributed by atoms with E-state index in [1.165, 1.54) is 0 Å². The second kappa shape index (κ2) is 10.8. The van der Waals surface area contributed by atoms with Crippen molar-refractivity contribution < 1.29 is 9.59 Å². The summed E-state index contributed by atoms with van der Waals surface area (Å²) in [4.78, 5) is 35.8. The predicted molar refractivity (Wildman–Crippen MR) is 168 cm³/mol. The molecule has 1 aromatic heterocycles. The van der Waals surface area contributed by atoms with Crippen LogP contribution in [0.3, 0.4) is 0 Å². The molecule has 5 aromatic rings. The zero-order valence-corrected chi connectivity index (χ0v) is 22.9. The molecule has 42 heavy (non-hydrogen) atoms. The van der Waals surface area contributed by atoms with Gasteiger partial charge in [-0.1, -0.05) is 103 Å². The Balaban J connectivity index is 1.21. The number of pyridine rings is 1. The lowest BCUT2D eigenvalue weighted by Crippen LogP contribution is -2.25. The van der Waals surface area contributed by atoms with E-state index in [0.29, 0.717) is 35.6 Å². The number of fused-ring (bicyclic) bond motifs is 2. The summed E-state index contributed by atoms with van der Waals surface area (Å²) >= 11 is 0. The fraction of sp³-hybridized carbons (Fsp3) is 0.0541. The van der Waals surface area contributed by atoms with Gasteiger partial charge in [0, 0.05) is 11.1 Å². The van der Waals surface area contributed by atoms with Crippen LogP contribution in [-0.4, -0.2) is 16.8 Å². The summed E-state index contributed by atoms with van der Waals surface area (Å²) in [6, 6.07) is 41.4. The third kappa shape index (κ3) is 4.71. The maximum absolute atomic E-state index is 13.7. The van der Waals surface area contributed by atoms with Gasteiger partial charge in [0.25, 0.3) is 11.8 Å². The Kier molecular flexibility index (Phi) is 6.53. The second-order valence-electron chi connectivity index (χ2n) is 10.4. The van der Waals surface area contributed by atoms with Gasteiger partial charge in [0.1, 0.15) is 0 Å². The third-order valence-corrected chi connectivity index (χ3v) is 7.66. The first-order valence-corrected chi connectivity index (χ1v) is 14.0. The minimum Gasteiger partial charge on any atom is -0.303 e. The van der Waals surface area contributed by atoms with E-state index in [-0.39, 0.29) is 11.8 Å². The maximum atomic E-state index is 13.7. The van der Waals surface area contributed by atoms with Crippen molar-refractivity contribution in [1.82, 2.24) is 4.98 Å². The van der Waals surface area contributed by atoms with Gasteiger partial charge < -0.3 is 9.80 Å². The van der Waals surface area contributed by atoms with Gasteiger partial charge in [-0.2, -0.15) is 0 Å². The topological polar surface area (TPSA) is 53.5 Å². The monoisotopic (exact) mass is 545 g/mol. The zero-order chi connectivity index (χ0) is 28.5. The number of hydrogen-bond acceptors (Lipinski definition) is 3. The number of hydrogen-bond donors (Lipinski definition) is 0. The number of benzene rings is 4. The molecular weight excluding hydrogens is 518 g/mol. The molecule has 0 saturated heterocycles. The van der Waals surface area contributed by atoms with Crippen LogP contribution in [-0.2, 0) is 22.7 Å². The molecule has 2 aliphatic rings. The highest BCUT2D eigenvalue weighted by atomic mass is 16.2. The van der Waals surface area contributed by atoms with Crippen molar-refractivity contribution in [2.45, 2.75) is 13.1 Å². The molecule has 202 valence electrons. The zero-order valence-electron chi connectivity index (χ0n) is 22.9. The van der Waals surface area contributed by atoms with Gasteiger partial charge in [-0.3, -0.25) is 9.59 Å². The van der Waals surface area contributed by atoms with E-state index in [4.69, 9.17) is 4.98 Å². The number of rotatable bonds is 6. The molecule has 0 radical (unpaired) electrons. The van der Waals surface area contributed by atoms with Gasteiger partial charge in [0.2, 0.25) is 0 Å². The molecule has 0 atom stereocenters. The Morgan fingerprint density at radius 1 is 0.476 bits per heavy atom. The minimum absolute atomic E-state index is 0.0536. The van der Waals surface area contributed by atoms with Gasteiger partial charge in [0.15, 0.2) is 0 Å². The van der Waals surface area contributed by atoms with Crippen LogP contribution < -0.4 is 9.80 Å². The van der Waals surface area contributed by atoms with E-state index in [9.17, 15) is 9.59 Å². The molecule has 0 aliphatic carbocycles. The summed E-state index contributed by atoms with van der Waals surface area (Å²) in [5.41, 5.74) is 8.22. The number of carbonyl (C=O) groups is 2. The highest BCUT2D eigenvalue weighted by Crippen LogP contribution is 2.40. The van der Waals surface area contributed by atoms with E-state index in [2.05, 4.69) is 0 Å². The fourth-order valence-electron chi connectivity index (χ4n) is 5.66. The second-order valence-corrected chi connectivity index (χ2v) is 10.4. The lowest BCUT2D eigenvalue weighted by Gasteiger charge is -2.17. The Hall–Kier alpha value is -5.55. The lowest BCUT2D eigenvalue weighted by molar-refractivity contribution is -0.113. The molecule has 0 N–H and O–H groups in total. The molecule has 0 spiro atoms. The largest absolute Gasteiger partial charge is 0.303 e. The predicted octanol–water partition coefficient (Wildman–Crippen LogP) is 7.26. The number of aromatic nitrogens is 1. The molecule has 0 bridgehead atoms. The average Bonchev–Trinajstić information content (AvgIpc) is 3.44. The van der Waals surface area contributed by atoms with Crippen molar-refractivity contribution in [2.75, 3.05) is 9.80 Å². The van der Waals surface area contributed by atoms with Crippen molar-refractivity contribution >= 4 is 46.5 Å². The standard InChI is InChI=1S/C37H27N3O2/c41-36-32(30-18-7-9-20-34(30)39(36)24-26-12-3-1-4-13-26)22-28-16-11-17-29(38-28)23-33-31-19-8-10-21-35(31)40(37(33)42)25-27-14-5-2-6-15-27/h1-23H,24-25H2/b32-22-,33-23-. The molecule has 0 saturated carbocycles. The minimum atomic E-state index is -0.0536. The van der Waals surface area contributed by atoms with E-state index in [0.717, 1.165) is 33.6 Å². The van der Waals surface area contributed by atoms with Crippen LogP contribution in [0.5, 0.6) is 0 Å². The van der Waals surface area contributed by atoms with E-state index < -0.39 is 0 Å². The highest BCUT2D eigenvalue weighted by molar-refractivity contribution is 6.36. The smallest absolute Gasteiger partial charge is 0.259 e. The molecule has 5 nitrogen and oxygen atoms in total. The summed E-state index contributed by atoms with van der Waals surface area (Å²) < 4.78 is 0. The summed E-state index contributed by atoms with van der Waals surface area (Å²) in [6.45, 7) is 0.989. The van der Waals surface area contributed by atoms with Gasteiger partial charge in [-0.15, -0.1) is 0 Å². The first kappa shape index (κ1) is 25.4. The van der Waals surface area contributed by atoms with Crippen LogP contribution in [0.1, 0.15) is 33.6 Å². The summed E-state index contributed by atoms with van der Waals surface area (Å²) in [6.07, 6.45) is 3.70. The van der Waals surface area contributed by atoms with Gasteiger partial charge in [-0.25, -0.2) is 4.98 Å². The Bertz CT molecular complexity index is 1740. The van der Waals surface area contributed by atoms with Gasteiger partial charge in [-0.05, 0) is 47.5 Å². The van der Waals surface area contributed by atoms with Crippen LogP contribution in [0, 0.1) is 0 Å². The number of anilines is 2. The molecular formula is C37H27N3O2. The van der Waals surface area contributed by atoms with Crippen LogP contribution in [0.2, 0.25) is 0 Å². The fourth-order valence-corrected chi connectivity index (χ4v) is 5.66. The van der Waals surface area contributed by atoms with Gasteiger partial charge >= 0.3 is 0 Å². The molecule has 2 amide bonds. The Labute approximate surface area is 244 Å². The number of para-hydroxylation sites is 2. The van der Waals surface area contributed by atoms with Crippen molar-refractivity contribution in [2.24, 2.45) is 0 Å². The van der Waals surface area contributed by atoms with Crippen LogP contribution in [0.15, 0.2) is 127 Å². The van der Waals surface area contributed by atoms with E-state index in [1.807, 2.05) is 149 Å². The lowest BCUT2D eigenvalue weighted by atomic mass is 10.0. The number of amides is 2. The molecule has 7 rings (SSSR count). The van der Waals surface area contributed by atoms with Crippen molar-refractivity contribution in [3.63, 3.8) is 0 Å². The Morgan fingerprint density at radius 2 is 0.881 bits per heavy atom. The average molecular weight is 546 g/mol. The van der Waals surface area contributed by atoms with E-state index >= 15 is 0 Å². The van der Waals surface area contributed by atoms with Crippen molar-refractivity contribution in [3.8, 4) is 0 Å². The first-order valence-electron chi connectivity index (χ1n) is 14.0. The van der Waals surface area contributed by atoms with Crippen molar-refractivity contribution in [3.05, 3.63) is 161 Å². The quantitative estimate of drug-likeness (QED) is 0.211. The van der Waals surface area contributed by atoms with Gasteiger partial charge in [0.05, 0.1) is 47.0 Å². The summed E-state index contributed by atoms with van der Waals surface area (Å²) in [5, 5.41) is 0. The molecule has 2 aliphatic heterocycles. The molecule has 4 aromatic carbocycles. The third-order valence-electron chi connectivity index (χ3n) is 7.66. The number of nitrogens with zero attached hydrogens (tertiary/aromatic N) is 3. The number of carbonyl (C=O) groups excluding carboxylic acids is 2. The molecule has 0 unspecified atom stereocenters. The highest BCUT2D eigenvalue weighted by Gasteiger charge is 2.33. The van der Waals surface area contributed by atoms with Crippen molar-refractivity contribution in [1.29, 1.82) is 0 Å². The summed E-state index contributed by atoms with van der Waals surface area (Å²) in [5.74, 6) is -0.107. The van der Waals surface area contributed by atoms with E-state index in [1.54, 1.807) is 0 Å². The van der Waals surface area contributed by atoms with Crippen LogP contribution in [0.25, 0.3) is 23.3 Å². The normalized spacial score (nSPS) is 15.9. The summed E-state index contributed by atoms with van der Waals surface area (Å²) in [7, 11) is 0. The van der Waals surface area contributed by atoms with Crippen LogP contribution >= 0.6 is 0 Å². The maximum Gasteiger partial charge on any atom is 0.259 e.